The molecule has 0 spiro atoms. The number of halogens is 1. The van der Waals surface area contributed by atoms with Crippen molar-refractivity contribution in [2.24, 2.45) is 0 Å². The Morgan fingerprint density at radius 3 is 1.50 bits per heavy atom. The van der Waals surface area contributed by atoms with Gasteiger partial charge in [-0.2, -0.15) is 0 Å². The van der Waals surface area contributed by atoms with Gasteiger partial charge in [0.25, 0.3) is 0 Å². The van der Waals surface area contributed by atoms with E-state index in [0.29, 0.717) is 0 Å². The van der Waals surface area contributed by atoms with E-state index in [4.69, 9.17) is 0 Å². The van der Waals surface area contributed by atoms with Gasteiger partial charge in [-0.25, -0.2) is 0 Å². The molecule has 4 heteroatoms. The lowest BCUT2D eigenvalue weighted by Gasteiger charge is -2.30. The van der Waals surface area contributed by atoms with Crippen LogP contribution in [0.4, 0.5) is 0 Å². The van der Waals surface area contributed by atoms with Crippen LogP contribution in [0.3, 0.4) is 0 Å². The van der Waals surface area contributed by atoms with Gasteiger partial charge in [0.2, 0.25) is 0 Å². The van der Waals surface area contributed by atoms with E-state index >= 15 is 0 Å². The van der Waals surface area contributed by atoms with E-state index in [9.17, 15) is 4.80 Å². The van der Waals surface area contributed by atoms with Gasteiger partial charge in [0.1, 0.15) is 0 Å². The third-order valence-corrected chi connectivity index (χ3v) is 6.82. The monoisotopic (exact) mass is 313 g/mol. The molecule has 0 saturated carbocycles. The summed E-state index contributed by atoms with van der Waals surface area (Å²) < 4.78 is 1.35. The maximum atomic E-state index is 9.49. The molecule has 0 atom stereocenters. The largest absolute Gasteiger partial charge is 1.47 e. The molecule has 0 heterocycles. The number of hydrogen-bond acceptors (Lipinski definition) is 1. The fourth-order valence-corrected chi connectivity index (χ4v) is 0.750. The van der Waals surface area contributed by atoms with Crippen molar-refractivity contribution in [1.29, 1.82) is 0 Å². The Balaban J connectivity index is 0. The van der Waals surface area contributed by atoms with Crippen molar-refractivity contribution in [3.63, 3.8) is 0 Å². The molecule has 1 aromatic carbocycles. The van der Waals surface area contributed by atoms with Crippen LogP contribution in [-0.2, 0) is 0 Å². The fraction of sp³-hybridized carbons (Fsp3) is 0.500. The standard InChI is InChI=1S/C6H16OSi.C6H5.BrH.Mg/c1-6(2,3)8(4,5)7;1-2-4-6-5-3-1;;/h7H,1-5H3;1-5H;1H;/q;;;+2. The van der Waals surface area contributed by atoms with Crippen LogP contribution in [0.5, 0.6) is 0 Å². The molecular formula is C12H22BrMgOSi+2. The Kier molecular flexibility index (Phi) is 9.34. The molecule has 0 aromatic heterocycles. The minimum absolute atomic E-state index is 0. The Bertz CT molecular complexity index is 265. The topological polar surface area (TPSA) is 20.2 Å². The smallest absolute Gasteiger partial charge is 0.432 e. The molecule has 0 saturated heterocycles. The molecule has 0 fully saturated rings. The fourth-order valence-electron chi connectivity index (χ4n) is 0.478. The third kappa shape index (κ3) is 8.76. The maximum absolute atomic E-state index is 9.49. The van der Waals surface area contributed by atoms with Gasteiger partial charge in [0, 0.05) is 12.1 Å². The molecule has 1 N–H and O–H groups in total. The van der Waals surface area contributed by atoms with Crippen LogP contribution in [0, 0.1) is 0 Å². The lowest BCUT2D eigenvalue weighted by molar-refractivity contribution is 0.487. The normalized spacial score (nSPS) is 10.9. The molecule has 0 unspecified atom stereocenters. The van der Waals surface area contributed by atoms with E-state index in [0.717, 1.165) is 0 Å². The highest BCUT2D eigenvalue weighted by atomic mass is 79.9. The molecule has 87 valence electrons. The van der Waals surface area contributed by atoms with Gasteiger partial charge in [-0.15, -0.1) is 17.0 Å². The van der Waals surface area contributed by atoms with Gasteiger partial charge in [0.05, 0.1) is 0 Å². The Morgan fingerprint density at radius 2 is 1.38 bits per heavy atom. The molecule has 1 aromatic rings. The first-order chi connectivity index (χ1) is 6.64. The number of rotatable bonds is 0. The van der Waals surface area contributed by atoms with E-state index in [1.165, 1.54) is 3.69 Å². The van der Waals surface area contributed by atoms with Gasteiger partial charge < -0.3 is 4.80 Å². The van der Waals surface area contributed by atoms with Crippen molar-refractivity contribution in [1.82, 2.24) is 0 Å². The van der Waals surface area contributed by atoms with E-state index in [1.54, 1.807) is 0 Å². The Hall–Kier alpha value is 0.643. The maximum Gasteiger partial charge on any atom is 1.47 e. The molecule has 0 bridgehead atoms. The molecule has 0 aliphatic heterocycles. The van der Waals surface area contributed by atoms with Crippen molar-refractivity contribution in [3.05, 3.63) is 30.3 Å². The van der Waals surface area contributed by atoms with Crippen molar-refractivity contribution < 1.29 is 4.80 Å². The minimum Gasteiger partial charge on any atom is -0.432 e. The molecule has 0 amide bonds. The summed E-state index contributed by atoms with van der Waals surface area (Å²) in [5.74, 6) is 0. The van der Waals surface area contributed by atoms with Crippen molar-refractivity contribution in [3.8, 4) is 0 Å². The first-order valence-electron chi connectivity index (χ1n) is 5.24. The van der Waals surface area contributed by atoms with Crippen LogP contribution in [0.1, 0.15) is 20.8 Å². The predicted molar refractivity (Wildman–Crippen MR) is 81.6 cm³/mol. The van der Waals surface area contributed by atoms with E-state index in [1.807, 2.05) is 53.0 Å². The molecule has 1 nitrogen and oxygen atoms in total. The Morgan fingerprint density at radius 1 is 1.06 bits per heavy atom. The molecule has 0 aliphatic carbocycles. The van der Waals surface area contributed by atoms with Gasteiger partial charge >= 0.3 is 25.4 Å². The second-order valence-corrected chi connectivity index (χ2v) is 10.7. The molecule has 16 heavy (non-hydrogen) atoms. The summed E-state index contributed by atoms with van der Waals surface area (Å²) in [4.78, 5) is 9.49. The van der Waals surface area contributed by atoms with Crippen LogP contribution in [0.2, 0.25) is 18.1 Å². The zero-order valence-corrected chi connectivity index (χ0v) is 15.1. The van der Waals surface area contributed by atoms with Crippen molar-refractivity contribution in [2.45, 2.75) is 38.9 Å². The summed E-state index contributed by atoms with van der Waals surface area (Å²) in [6.45, 7) is 10.2. The summed E-state index contributed by atoms with van der Waals surface area (Å²) in [5.41, 5.74) is 0. The van der Waals surface area contributed by atoms with Gasteiger partial charge in [-0.1, -0.05) is 39.0 Å². The Labute approximate surface area is 124 Å². The van der Waals surface area contributed by atoms with Gasteiger partial charge in [-0.05, 0) is 18.1 Å². The van der Waals surface area contributed by atoms with Crippen LogP contribution in [0.25, 0.3) is 0 Å². The SMILES string of the molecule is Br.CC(C)(C)[Si](C)(C)O.[Mg+2][c]1ccccc1. The second kappa shape index (κ2) is 7.87. The zero-order valence-electron chi connectivity index (χ0n) is 10.9. The summed E-state index contributed by atoms with van der Waals surface area (Å²) in [5, 5.41) is 0.132. The number of benzene rings is 1. The molecular weight excluding hydrogens is 292 g/mol. The average molecular weight is 315 g/mol. The van der Waals surface area contributed by atoms with Gasteiger partial charge in [-0.3, -0.25) is 0 Å². The van der Waals surface area contributed by atoms with E-state index in [-0.39, 0.29) is 22.0 Å². The van der Waals surface area contributed by atoms with Crippen LogP contribution in [-0.4, -0.2) is 34.8 Å². The van der Waals surface area contributed by atoms with E-state index < -0.39 is 8.32 Å². The first-order valence-corrected chi connectivity index (χ1v) is 8.89. The lowest BCUT2D eigenvalue weighted by Crippen LogP contribution is -2.36. The quantitative estimate of drug-likeness (QED) is 0.730. The van der Waals surface area contributed by atoms with Crippen LogP contribution < -0.4 is 3.69 Å². The summed E-state index contributed by atoms with van der Waals surface area (Å²) in [6.07, 6.45) is 0. The predicted octanol–water partition coefficient (Wildman–Crippen LogP) is 3.04. The molecule has 1 rings (SSSR count). The highest BCUT2D eigenvalue weighted by Crippen LogP contribution is 2.33. The average Bonchev–Trinajstić information content (AvgIpc) is 2.02. The zero-order chi connectivity index (χ0) is 12.1. The van der Waals surface area contributed by atoms with Crippen molar-refractivity contribution in [2.75, 3.05) is 0 Å². The summed E-state index contributed by atoms with van der Waals surface area (Å²) in [6, 6.07) is 10.3. The molecule has 0 aliphatic rings. The lowest BCUT2D eigenvalue weighted by atomic mass is 10.2. The van der Waals surface area contributed by atoms with Crippen LogP contribution >= 0.6 is 17.0 Å². The van der Waals surface area contributed by atoms with Gasteiger partial charge in [0.15, 0.2) is 8.32 Å². The number of hydrogen-bond donors (Lipinski definition) is 1. The van der Waals surface area contributed by atoms with Crippen LogP contribution in [0.15, 0.2) is 30.3 Å². The second-order valence-electron chi connectivity index (χ2n) is 5.29. The summed E-state index contributed by atoms with van der Waals surface area (Å²) in [7, 11) is -1.86. The van der Waals surface area contributed by atoms with E-state index in [2.05, 4.69) is 32.9 Å². The van der Waals surface area contributed by atoms with Crippen molar-refractivity contribution >= 4 is 50.7 Å². The summed E-state index contributed by atoms with van der Waals surface area (Å²) >= 11 is 1.90. The third-order valence-electron chi connectivity index (χ3n) is 2.68. The highest BCUT2D eigenvalue weighted by Gasteiger charge is 2.33. The highest BCUT2D eigenvalue weighted by molar-refractivity contribution is 8.93. The first kappa shape index (κ1) is 19.0. The minimum atomic E-state index is -1.86. The molecule has 7 radical (unpaired) electrons.